The molecule has 2 aromatic heterocycles. The molecule has 3 atom stereocenters. The molecule has 1 fully saturated rings. The van der Waals surface area contributed by atoms with E-state index in [1.54, 1.807) is 0 Å². The summed E-state index contributed by atoms with van der Waals surface area (Å²) in [5.41, 5.74) is 6.01. The van der Waals surface area contributed by atoms with Crippen molar-refractivity contribution < 1.29 is 28.7 Å². The Bertz CT molecular complexity index is 2230. The molecule has 3 aromatic carbocycles. The molecule has 14 heteroatoms. The third-order valence-electron chi connectivity index (χ3n) is 10.7. The number of ether oxygens (including phenoxy) is 2. The zero-order chi connectivity index (χ0) is 41.3. The summed E-state index contributed by atoms with van der Waals surface area (Å²) in [6.07, 6.45) is 6.39. The molecule has 1 saturated heterocycles. The number of carbonyl (C=O) groups excluding carboxylic acids is 4. The van der Waals surface area contributed by atoms with E-state index in [0.29, 0.717) is 13.1 Å². The van der Waals surface area contributed by atoms with Gasteiger partial charge in [0.05, 0.1) is 44.0 Å². The van der Waals surface area contributed by atoms with Crippen LogP contribution in [-0.2, 0) is 25.5 Å². The molecule has 1 aliphatic heterocycles. The van der Waals surface area contributed by atoms with E-state index < -0.39 is 24.3 Å². The maximum absolute atomic E-state index is 13.6. The van der Waals surface area contributed by atoms with Gasteiger partial charge in [0.1, 0.15) is 23.7 Å². The third-order valence-corrected chi connectivity index (χ3v) is 10.7. The van der Waals surface area contributed by atoms with Gasteiger partial charge in [-0.2, -0.15) is 0 Å². The van der Waals surface area contributed by atoms with Gasteiger partial charge in [-0.05, 0) is 71.6 Å². The van der Waals surface area contributed by atoms with Crippen LogP contribution in [0.15, 0.2) is 73.1 Å². The molecule has 0 saturated carbocycles. The van der Waals surface area contributed by atoms with E-state index in [9.17, 15) is 19.2 Å². The summed E-state index contributed by atoms with van der Waals surface area (Å²) in [7, 11) is 2.57. The normalized spacial score (nSPS) is 15.0. The van der Waals surface area contributed by atoms with E-state index in [0.717, 1.165) is 88.2 Å². The summed E-state index contributed by atoms with van der Waals surface area (Å²) in [5.74, 6) is 1.05. The van der Waals surface area contributed by atoms with Crippen molar-refractivity contribution >= 4 is 34.8 Å². The molecule has 306 valence electrons. The van der Waals surface area contributed by atoms with Crippen LogP contribution < -0.4 is 16.0 Å². The van der Waals surface area contributed by atoms with E-state index in [1.807, 2.05) is 45.0 Å². The number of hydrogen-bond acceptors (Lipinski definition) is 8. The van der Waals surface area contributed by atoms with Gasteiger partial charge in [0, 0.05) is 30.6 Å². The number of fused-ring (bicyclic) bond motifs is 1. The monoisotopic (exact) mass is 790 g/mol. The van der Waals surface area contributed by atoms with Gasteiger partial charge in [0.25, 0.3) is 0 Å². The fourth-order valence-corrected chi connectivity index (χ4v) is 7.50. The molecular formula is C44H54N8O6. The molecule has 0 radical (unpaired) electrons. The van der Waals surface area contributed by atoms with Crippen molar-refractivity contribution in [3.63, 3.8) is 0 Å². The maximum Gasteiger partial charge on any atom is 0.407 e. The minimum Gasteiger partial charge on any atom is -0.453 e. The number of methoxy groups -OCH3 is 2. The molecule has 6 rings (SSSR count). The van der Waals surface area contributed by atoms with Crippen LogP contribution in [0.5, 0.6) is 0 Å². The SMILES string of the molecule is COC(=O)NC(C(=O)NCCCCc1ncc(-c2cccc(-c3cccc4cc(-c5cnc(C6CCCN6C(=O)C(NC(=O)OC)C(C)C)[nH]5)ccc34)c2)[nH]1)C(C)C. The topological polar surface area (TPSA) is 183 Å². The Hall–Kier alpha value is -6.18. The van der Waals surface area contributed by atoms with E-state index >= 15 is 0 Å². The number of rotatable bonds is 15. The number of imidazole rings is 2. The highest BCUT2D eigenvalue weighted by Crippen LogP contribution is 2.35. The minimum atomic E-state index is -0.692. The Labute approximate surface area is 338 Å². The second-order valence-corrected chi connectivity index (χ2v) is 15.4. The van der Waals surface area contributed by atoms with Crippen LogP contribution in [0.3, 0.4) is 0 Å². The number of amides is 4. The second-order valence-electron chi connectivity index (χ2n) is 15.4. The van der Waals surface area contributed by atoms with Crippen LogP contribution >= 0.6 is 0 Å². The van der Waals surface area contributed by atoms with Crippen LogP contribution in [0.1, 0.15) is 71.1 Å². The average Bonchev–Trinajstić information content (AvgIpc) is 4.03. The summed E-state index contributed by atoms with van der Waals surface area (Å²) in [5, 5.41) is 10.4. The van der Waals surface area contributed by atoms with Gasteiger partial charge in [-0.1, -0.05) is 76.2 Å². The molecule has 0 aliphatic carbocycles. The third kappa shape index (κ3) is 9.67. The summed E-state index contributed by atoms with van der Waals surface area (Å²) < 4.78 is 9.42. The molecule has 0 bridgehead atoms. The van der Waals surface area contributed by atoms with Crippen LogP contribution in [-0.4, -0.2) is 88.2 Å². The fourth-order valence-electron chi connectivity index (χ4n) is 7.50. The Balaban J connectivity index is 1.10. The van der Waals surface area contributed by atoms with Crippen molar-refractivity contribution in [3.8, 4) is 33.6 Å². The van der Waals surface area contributed by atoms with Crippen molar-refractivity contribution in [2.24, 2.45) is 11.8 Å². The lowest BCUT2D eigenvalue weighted by molar-refractivity contribution is -0.135. The first-order chi connectivity index (χ1) is 28.0. The van der Waals surface area contributed by atoms with E-state index in [4.69, 9.17) is 9.72 Å². The van der Waals surface area contributed by atoms with E-state index in [2.05, 4.69) is 96.3 Å². The lowest BCUT2D eigenvalue weighted by Crippen LogP contribution is -2.51. The lowest BCUT2D eigenvalue weighted by Gasteiger charge is -2.30. The van der Waals surface area contributed by atoms with Crippen LogP contribution in [0.4, 0.5) is 9.59 Å². The average molecular weight is 791 g/mol. The first-order valence-corrected chi connectivity index (χ1v) is 20.0. The summed E-state index contributed by atoms with van der Waals surface area (Å²) in [6, 6.07) is 19.5. The molecule has 1 aliphatic rings. The lowest BCUT2D eigenvalue weighted by atomic mass is 9.95. The molecular weight excluding hydrogens is 737 g/mol. The van der Waals surface area contributed by atoms with Crippen molar-refractivity contribution in [1.82, 2.24) is 40.8 Å². The van der Waals surface area contributed by atoms with Gasteiger partial charge >= 0.3 is 12.2 Å². The van der Waals surface area contributed by atoms with Crippen molar-refractivity contribution in [3.05, 3.63) is 84.7 Å². The predicted octanol–water partition coefficient (Wildman–Crippen LogP) is 7.15. The smallest absolute Gasteiger partial charge is 0.407 e. The number of unbranched alkanes of at least 4 members (excludes halogenated alkanes) is 1. The molecule has 14 nitrogen and oxygen atoms in total. The van der Waals surface area contributed by atoms with Crippen LogP contribution in [0.2, 0.25) is 0 Å². The van der Waals surface area contributed by atoms with Gasteiger partial charge in [-0.3, -0.25) is 9.59 Å². The quantitative estimate of drug-likeness (QED) is 0.0693. The zero-order valence-electron chi connectivity index (χ0n) is 34.1. The number of alkyl carbamates (subject to hydrolysis) is 2. The summed E-state index contributed by atoms with van der Waals surface area (Å²) in [4.78, 5) is 68.0. The molecule has 0 spiro atoms. The fraction of sp³-hybridized carbons (Fsp3) is 0.409. The highest BCUT2D eigenvalue weighted by atomic mass is 16.5. The van der Waals surface area contributed by atoms with E-state index in [1.165, 1.54) is 14.2 Å². The maximum atomic E-state index is 13.6. The number of benzene rings is 3. The van der Waals surface area contributed by atoms with Gasteiger partial charge in [0.2, 0.25) is 11.8 Å². The highest BCUT2D eigenvalue weighted by Gasteiger charge is 2.37. The van der Waals surface area contributed by atoms with Gasteiger partial charge in [0.15, 0.2) is 0 Å². The molecule has 5 N–H and O–H groups in total. The molecule has 58 heavy (non-hydrogen) atoms. The summed E-state index contributed by atoms with van der Waals surface area (Å²) >= 11 is 0. The Morgan fingerprint density at radius 3 is 2.21 bits per heavy atom. The van der Waals surface area contributed by atoms with Crippen molar-refractivity contribution in [1.29, 1.82) is 0 Å². The number of nitrogens with one attached hydrogen (secondary N) is 5. The number of likely N-dealkylation sites (tertiary alicyclic amines) is 1. The number of H-pyrrole nitrogens is 2. The predicted molar refractivity (Wildman–Crippen MR) is 223 cm³/mol. The number of aryl methyl sites for hydroxylation is 1. The molecule has 3 heterocycles. The molecule has 4 amide bonds. The second kappa shape index (κ2) is 18.8. The van der Waals surface area contributed by atoms with Crippen LogP contribution in [0, 0.1) is 11.8 Å². The Kier molecular flexibility index (Phi) is 13.5. The standard InChI is InChI=1S/C44H54N8O6/c1-26(2)38(50-43(55)57-5)41(53)45-20-8-7-17-37-46-24-34(48-37)30-14-9-12-28(22-30)32-15-10-13-29-23-31(18-19-33(29)32)35-25-47-40(49-35)36-16-11-21-52(36)42(54)39(27(3)4)51-44(56)58-6/h9-10,12-15,18-19,22-27,36,38-39H,7-8,11,16-17,20-21H2,1-6H3,(H,45,53)(H,46,48)(H,47,49)(H,50,55)(H,51,56). The number of hydrogen-bond donors (Lipinski definition) is 5. The van der Waals surface area contributed by atoms with E-state index in [-0.39, 0.29) is 29.7 Å². The Morgan fingerprint density at radius 1 is 0.793 bits per heavy atom. The zero-order valence-corrected chi connectivity index (χ0v) is 34.1. The number of carbonyl (C=O) groups is 4. The van der Waals surface area contributed by atoms with Gasteiger partial charge in [-0.15, -0.1) is 0 Å². The van der Waals surface area contributed by atoms with Gasteiger partial charge < -0.3 is 40.3 Å². The number of aromatic nitrogens is 4. The number of aromatic amines is 2. The van der Waals surface area contributed by atoms with Crippen LogP contribution in [0.25, 0.3) is 44.4 Å². The molecule has 5 aromatic rings. The van der Waals surface area contributed by atoms with Gasteiger partial charge in [-0.25, -0.2) is 19.6 Å². The highest BCUT2D eigenvalue weighted by molar-refractivity contribution is 5.99. The van der Waals surface area contributed by atoms with Crippen molar-refractivity contribution in [2.75, 3.05) is 27.3 Å². The van der Waals surface area contributed by atoms with Crippen molar-refractivity contribution in [2.45, 2.75) is 77.9 Å². The molecule has 3 unspecified atom stereocenters. The first kappa shape index (κ1) is 41.5. The first-order valence-electron chi connectivity index (χ1n) is 20.0. The largest absolute Gasteiger partial charge is 0.453 e. The minimum absolute atomic E-state index is 0.0748. The number of nitrogens with zero attached hydrogens (tertiary/aromatic N) is 3. The Morgan fingerprint density at radius 2 is 1.47 bits per heavy atom. The summed E-state index contributed by atoms with van der Waals surface area (Å²) in [6.45, 7) is 8.64.